The second kappa shape index (κ2) is 8.70. The zero-order chi connectivity index (χ0) is 20.1. The minimum atomic E-state index is -3.33. The molecule has 1 fully saturated rings. The maximum atomic E-state index is 12.6. The Hall–Kier alpha value is -2.14. The molecule has 4 nitrogen and oxygen atoms in total. The molecule has 0 aliphatic heterocycles. The second-order valence-electron chi connectivity index (χ2n) is 7.88. The van der Waals surface area contributed by atoms with Gasteiger partial charge in [-0.25, -0.2) is 9.59 Å². The quantitative estimate of drug-likeness (QED) is 0.479. The second-order valence-corrected chi connectivity index (χ2v) is 11.4. The first kappa shape index (κ1) is 21.2. The van der Waals surface area contributed by atoms with Gasteiger partial charge >= 0.3 is 20.5 Å². The molecule has 1 aliphatic carbocycles. The first-order valence-corrected chi connectivity index (χ1v) is 11.5. The summed E-state index contributed by atoms with van der Waals surface area (Å²) in [5, 5.41) is -0.350. The molecule has 0 amide bonds. The highest BCUT2D eigenvalue weighted by molar-refractivity contribution is 6.73. The predicted molar refractivity (Wildman–Crippen MR) is 109 cm³/mol. The molecular formula is C22H30O4Si. The van der Waals surface area contributed by atoms with Crippen molar-refractivity contribution in [2.75, 3.05) is 0 Å². The number of rotatable bonds is 7. The van der Waals surface area contributed by atoms with E-state index in [1.807, 2.05) is 30.3 Å². The summed E-state index contributed by atoms with van der Waals surface area (Å²) < 4.78 is 12.2. The maximum Gasteiger partial charge on any atom is 0.475 e. The largest absolute Gasteiger partial charge is 0.481 e. The Morgan fingerprint density at radius 2 is 1.44 bits per heavy atom. The van der Waals surface area contributed by atoms with E-state index in [1.54, 1.807) is 13.8 Å². The summed E-state index contributed by atoms with van der Waals surface area (Å²) in [5.41, 5.74) is 1.62. The first-order valence-electron chi connectivity index (χ1n) is 9.51. The average molecular weight is 387 g/mol. The van der Waals surface area contributed by atoms with E-state index in [0.29, 0.717) is 17.2 Å². The standard InChI is InChI=1S/C22H30O4Si/c1-17(2)20(23)25-27(26-21(24)18(3)4,16-19-12-8-6-9-13-19)22(5)14-10-7-11-15-22/h6,8-9,12-13H,1,3,7,10-11,14-16H2,2,4-5H3. The van der Waals surface area contributed by atoms with Crippen molar-refractivity contribution >= 4 is 20.5 Å². The van der Waals surface area contributed by atoms with Crippen LogP contribution in [-0.2, 0) is 24.5 Å². The van der Waals surface area contributed by atoms with Gasteiger partial charge in [0.1, 0.15) is 0 Å². The van der Waals surface area contributed by atoms with Gasteiger partial charge in [0.2, 0.25) is 0 Å². The maximum absolute atomic E-state index is 12.6. The van der Waals surface area contributed by atoms with Crippen LogP contribution in [0.3, 0.4) is 0 Å². The van der Waals surface area contributed by atoms with E-state index in [9.17, 15) is 9.59 Å². The smallest absolute Gasteiger partial charge is 0.475 e. The van der Waals surface area contributed by atoms with Crippen LogP contribution in [0, 0.1) is 0 Å². The molecule has 0 spiro atoms. The van der Waals surface area contributed by atoms with Crippen LogP contribution in [-0.4, -0.2) is 20.5 Å². The minimum absolute atomic E-state index is 0.311. The fourth-order valence-corrected chi connectivity index (χ4v) is 7.55. The van der Waals surface area contributed by atoms with Gasteiger partial charge in [0.25, 0.3) is 0 Å². The van der Waals surface area contributed by atoms with Gasteiger partial charge in [0.05, 0.1) is 0 Å². The van der Waals surface area contributed by atoms with E-state index >= 15 is 0 Å². The van der Waals surface area contributed by atoms with Gasteiger partial charge in [-0.15, -0.1) is 0 Å². The Labute approximate surface area is 163 Å². The molecule has 0 unspecified atom stereocenters. The number of benzene rings is 1. The Kier molecular flexibility index (Phi) is 6.82. The van der Waals surface area contributed by atoms with Crippen molar-refractivity contribution < 1.29 is 18.4 Å². The van der Waals surface area contributed by atoms with E-state index in [2.05, 4.69) is 20.1 Å². The Morgan fingerprint density at radius 3 is 1.89 bits per heavy atom. The van der Waals surface area contributed by atoms with Crippen LogP contribution in [0.15, 0.2) is 54.6 Å². The topological polar surface area (TPSA) is 52.6 Å². The van der Waals surface area contributed by atoms with E-state index in [4.69, 9.17) is 8.85 Å². The summed E-state index contributed by atoms with van der Waals surface area (Å²) >= 11 is 0. The molecule has 5 heteroatoms. The zero-order valence-electron chi connectivity index (χ0n) is 16.7. The zero-order valence-corrected chi connectivity index (χ0v) is 17.7. The van der Waals surface area contributed by atoms with Gasteiger partial charge in [-0.1, -0.05) is 69.7 Å². The van der Waals surface area contributed by atoms with Crippen molar-refractivity contribution in [1.82, 2.24) is 0 Å². The third-order valence-electron chi connectivity index (χ3n) is 5.37. The SMILES string of the molecule is C=C(C)C(=O)O[Si](Cc1ccccc1)(OC(=O)C(=C)C)C1(C)CCCCC1. The summed E-state index contributed by atoms with van der Waals surface area (Å²) in [5.74, 6) is -0.974. The number of carbonyl (C=O) groups is 2. The molecule has 1 aromatic rings. The van der Waals surface area contributed by atoms with Crippen LogP contribution >= 0.6 is 0 Å². The van der Waals surface area contributed by atoms with Crippen molar-refractivity contribution in [2.45, 2.75) is 64.0 Å². The van der Waals surface area contributed by atoms with Gasteiger partial charge < -0.3 is 8.85 Å². The van der Waals surface area contributed by atoms with Crippen LogP contribution in [0.25, 0.3) is 0 Å². The van der Waals surface area contributed by atoms with Crippen LogP contribution in [0.5, 0.6) is 0 Å². The van der Waals surface area contributed by atoms with Gasteiger partial charge in [-0.2, -0.15) is 0 Å². The molecule has 1 aromatic carbocycles. The fourth-order valence-electron chi connectivity index (χ4n) is 3.60. The first-order chi connectivity index (χ1) is 12.7. The van der Waals surface area contributed by atoms with Crippen LogP contribution in [0.4, 0.5) is 0 Å². The minimum Gasteiger partial charge on any atom is -0.481 e. The molecule has 0 atom stereocenters. The van der Waals surface area contributed by atoms with E-state index in [1.165, 1.54) is 0 Å². The van der Waals surface area contributed by atoms with E-state index in [-0.39, 0.29) is 5.04 Å². The van der Waals surface area contributed by atoms with Crippen molar-refractivity contribution in [3.05, 3.63) is 60.2 Å². The summed E-state index contributed by atoms with van der Waals surface area (Å²) in [6.45, 7) is 12.8. The highest BCUT2D eigenvalue weighted by Gasteiger charge is 2.60. The molecule has 0 N–H and O–H groups in total. The third kappa shape index (κ3) is 4.98. The Balaban J connectivity index is 2.54. The van der Waals surface area contributed by atoms with Crippen LogP contribution < -0.4 is 0 Å². The lowest BCUT2D eigenvalue weighted by molar-refractivity contribution is -0.138. The van der Waals surface area contributed by atoms with Crippen molar-refractivity contribution in [3.8, 4) is 0 Å². The fraction of sp³-hybridized carbons (Fsp3) is 0.455. The monoisotopic (exact) mass is 386 g/mol. The predicted octanol–water partition coefficient (Wildman–Crippen LogP) is 5.17. The number of hydrogen-bond donors (Lipinski definition) is 0. The molecule has 0 aromatic heterocycles. The molecule has 0 saturated heterocycles. The van der Waals surface area contributed by atoms with Crippen LogP contribution in [0.1, 0.15) is 58.4 Å². The van der Waals surface area contributed by atoms with E-state index in [0.717, 1.165) is 37.7 Å². The van der Waals surface area contributed by atoms with Gasteiger partial charge in [0, 0.05) is 22.2 Å². The normalized spacial score (nSPS) is 16.3. The Morgan fingerprint density at radius 1 is 0.963 bits per heavy atom. The third-order valence-corrected chi connectivity index (χ3v) is 9.61. The average Bonchev–Trinajstić information content (AvgIpc) is 2.62. The summed E-state index contributed by atoms with van der Waals surface area (Å²) in [7, 11) is -3.33. The molecule has 27 heavy (non-hydrogen) atoms. The van der Waals surface area contributed by atoms with Crippen molar-refractivity contribution in [3.63, 3.8) is 0 Å². The molecular weight excluding hydrogens is 356 g/mol. The van der Waals surface area contributed by atoms with Gasteiger partial charge in [-0.3, -0.25) is 0 Å². The highest BCUT2D eigenvalue weighted by atomic mass is 28.4. The molecule has 1 saturated carbocycles. The lowest BCUT2D eigenvalue weighted by Crippen LogP contribution is -2.58. The van der Waals surface area contributed by atoms with Gasteiger partial charge in [-0.05, 0) is 32.3 Å². The van der Waals surface area contributed by atoms with E-state index < -0.39 is 20.5 Å². The van der Waals surface area contributed by atoms with Crippen molar-refractivity contribution in [2.24, 2.45) is 0 Å². The molecule has 2 rings (SSSR count). The summed E-state index contributed by atoms with van der Waals surface area (Å²) in [6, 6.07) is 10.2. The van der Waals surface area contributed by atoms with Crippen LogP contribution in [0.2, 0.25) is 5.04 Å². The molecule has 0 radical (unpaired) electrons. The molecule has 0 bridgehead atoms. The Bertz CT molecular complexity index is 689. The number of hydrogen-bond acceptors (Lipinski definition) is 4. The van der Waals surface area contributed by atoms with Gasteiger partial charge in [0.15, 0.2) is 0 Å². The summed E-state index contributed by atoms with van der Waals surface area (Å²) in [4.78, 5) is 25.2. The molecule has 0 heterocycles. The lowest BCUT2D eigenvalue weighted by atomic mass is 9.90. The summed E-state index contributed by atoms with van der Waals surface area (Å²) in [6.07, 6.45) is 4.97. The molecule has 1 aliphatic rings. The van der Waals surface area contributed by atoms with Crippen molar-refractivity contribution in [1.29, 1.82) is 0 Å². The lowest BCUT2D eigenvalue weighted by Gasteiger charge is -2.45. The molecule has 146 valence electrons. The number of carbonyl (C=O) groups excluding carboxylic acids is 2. The highest BCUT2D eigenvalue weighted by Crippen LogP contribution is 2.52.